The molecule has 0 aromatic rings. The molecule has 0 spiro atoms. The Morgan fingerprint density at radius 2 is 0.0179 bits per heavy atom. The molecule has 0 aromatic carbocycles. The summed E-state index contributed by atoms with van der Waals surface area (Å²) < 4.78 is 0. The average Bonchev–Trinajstić information content (AvgIpc) is 0. The molecule has 0 bridgehead atoms. The van der Waals surface area contributed by atoms with Gasteiger partial charge < -0.3 is 0 Å². The molecule has 0 N–H and O–H groups in total. The summed E-state index contributed by atoms with van der Waals surface area (Å²) in [6.07, 6.45) is 0. The summed E-state index contributed by atoms with van der Waals surface area (Å²) in [7, 11) is 0. The predicted molar refractivity (Wildman–Crippen MR) is 0 cm³/mol. The van der Waals surface area contributed by atoms with Crippen molar-refractivity contribution in [1.29, 1.82) is 0 Å². The van der Waals surface area contributed by atoms with Crippen LogP contribution in [-0.4, -0.2) is 0 Å². The van der Waals surface area contributed by atoms with Gasteiger partial charge in [-0.1, -0.05) is 0 Å². The van der Waals surface area contributed by atoms with Gasteiger partial charge in [0.15, 0.2) is 0 Å². The van der Waals surface area contributed by atoms with E-state index in [1.807, 2.05) is 0 Å². The van der Waals surface area contributed by atoms with Gasteiger partial charge in [0.25, 0.3) is 0 Å². The monoisotopic (exact) mass is 15000 g/mol. The van der Waals surface area contributed by atoms with E-state index in [0.717, 1.165) is 0 Å². The van der Waals surface area contributed by atoms with E-state index < -0.39 is 0 Å². The fraction of sp³-hybridized carbons (Fsp3) is 0. The first-order valence-corrected chi connectivity index (χ1v) is 0. The Labute approximate surface area is 0 Å². The summed E-state index contributed by atoms with van der Waals surface area (Å²) in [6, 6.07) is 0. The molecule has 56 heteroatoms. The molecule has 0 aliphatic rings. The minimum absolute atomic E-state index is 0. The van der Waals surface area contributed by atoms with Crippen LogP contribution in [0, 0.1) is 0 Å². The standard InChI is InChI=1S/56Rf. The van der Waals surface area contributed by atoms with Gasteiger partial charge in [-0.25, -0.2) is 0 Å². The Bertz CT molecular complexity index is 0. The Morgan fingerprint density at radius 3 is 0.0179 bits per heavy atom. The molecule has 56 heavy (non-hydrogen) atoms. The fourth-order valence-electron chi connectivity index (χ4n) is 0. The summed E-state index contributed by atoms with van der Waals surface area (Å²) in [5, 5.41) is 0. The van der Waals surface area contributed by atoms with Crippen LogP contribution in [0.3, 0.4) is 0 Å². The molecule has 0 heterocycles. The summed E-state index contributed by atoms with van der Waals surface area (Å²) in [4.78, 5) is 0. The second kappa shape index (κ2) is -0.00128. The molecule has 0 unspecified atom stereocenters. The van der Waals surface area contributed by atoms with Gasteiger partial charge in [0.05, 0.1) is 0 Å². The quantitative estimate of drug-likeness (QED) is 0.321. The Morgan fingerprint density at radius 1 is 0.0179 bits per heavy atom. The van der Waals surface area contributed by atoms with Crippen molar-refractivity contribution in [3.05, 3.63) is 0 Å². The van der Waals surface area contributed by atoms with Gasteiger partial charge in [-0.05, 0) is 0 Å². The molecule has 0 fully saturated rings. The molecule has 0 atom stereocenters. The number of hydrogen-bond donors (Lipinski definition) is 0. The van der Waals surface area contributed by atoms with Crippen molar-refractivity contribution < 1.29 is 0 Å². The van der Waals surface area contributed by atoms with E-state index in [9.17, 15) is 0 Å². The van der Waals surface area contributed by atoms with Crippen LogP contribution in [-0.2, 0) is 0 Å². The molecule has 0 aromatic heterocycles. The van der Waals surface area contributed by atoms with E-state index in [1.54, 1.807) is 0 Å². The third kappa shape index (κ3) is -0.00574. The maximum Gasteiger partial charge on any atom is 0 e. The van der Waals surface area contributed by atoms with E-state index in [1.165, 1.54) is 0 Å². The molecular formula is Rf56. The molecule has 0 saturated heterocycles. The molecule has 0 radical (unpaired) electrons. The van der Waals surface area contributed by atoms with Crippen LogP contribution in [0.25, 0.3) is 0 Å². The number of hydrogen-bond acceptors (Lipinski definition) is 0. The van der Waals surface area contributed by atoms with E-state index in [-0.39, 0.29) is 0 Å². The second-order valence-electron chi connectivity index (χ2n) is 0. The largest absolute Gasteiger partial charge is 0 e. The van der Waals surface area contributed by atoms with Crippen LogP contribution in [0.5, 0.6) is 0 Å². The molecule has 0 amide bonds. The molecule has 0 rings (SSSR count). The Kier molecular flexibility index (Phi) is 0. The maximum atomic E-state index is 0. The summed E-state index contributed by atoms with van der Waals surface area (Å²) >= 11 is 0. The molecule has 0 aliphatic carbocycles. The average molecular weight is 15000 g/mol. The van der Waals surface area contributed by atoms with Crippen molar-refractivity contribution in [3.63, 3.8) is 0 Å². The first-order valence-electron chi connectivity index (χ1n) is 0. The molecule has 0 nitrogen and oxygen atoms in total. The normalized spacial score (nSPS) is 0. The van der Waals surface area contributed by atoms with Crippen molar-refractivity contribution in [3.8, 4) is 0 Å². The van der Waals surface area contributed by atoms with Crippen LogP contribution in [0.4, 0.5) is 0 Å². The van der Waals surface area contributed by atoms with Gasteiger partial charge in [0, 0.05) is 0 Å². The van der Waals surface area contributed by atoms with E-state index in [4.69, 9.17) is 0 Å². The number of rotatable bonds is 0. The van der Waals surface area contributed by atoms with E-state index in [0.29, 0.717) is 0 Å². The molecule has 0 aliphatic heterocycles. The van der Waals surface area contributed by atoms with Gasteiger partial charge in [0.1, 0.15) is 0 Å². The smallest absolute Gasteiger partial charge is 0 e. The van der Waals surface area contributed by atoms with E-state index >= 15 is 0 Å². The minimum Gasteiger partial charge on any atom is 0 e. The summed E-state index contributed by atoms with van der Waals surface area (Å²) in [6.45, 7) is 0. The summed E-state index contributed by atoms with van der Waals surface area (Å²) in [5.41, 5.74) is 0. The predicted octanol–water partition coefficient (Wildman–Crippen LogP) is 0. The van der Waals surface area contributed by atoms with Crippen molar-refractivity contribution in [2.45, 2.75) is 0 Å². The van der Waals surface area contributed by atoms with Crippen LogP contribution in [0.2, 0.25) is 0 Å². The van der Waals surface area contributed by atoms with Crippen molar-refractivity contribution in [2.24, 2.45) is 0 Å². The van der Waals surface area contributed by atoms with Gasteiger partial charge in [-0.2, -0.15) is 0 Å². The van der Waals surface area contributed by atoms with Gasteiger partial charge in [0.2, 0.25) is 0 Å². The van der Waals surface area contributed by atoms with Gasteiger partial charge in [-0.3, -0.25) is 0 Å². The maximum absolute atomic E-state index is 0. The van der Waals surface area contributed by atoms with Gasteiger partial charge in [-0.15, -0.1) is 0 Å². The first kappa shape index (κ1) is 0. The molecular weight excluding hydrogens is 15000 g/mol. The third-order valence-corrected chi connectivity index (χ3v) is 0. The Hall–Kier alpha value is -56.0. The first-order chi connectivity index (χ1) is 0. The topological polar surface area (TPSA) is 0 Å². The van der Waals surface area contributed by atoms with Gasteiger partial charge >= 0.3 is 0 Å². The summed E-state index contributed by atoms with van der Waals surface area (Å²) in [5.74, 6) is 0. The van der Waals surface area contributed by atoms with Crippen molar-refractivity contribution in [2.75, 3.05) is 0 Å². The van der Waals surface area contributed by atoms with E-state index in [2.05, 4.69) is 0 Å². The zero-order chi connectivity index (χ0) is 0. The fourth-order valence-corrected chi connectivity index (χ4v) is 0. The molecule has 112 valence electrons. The zero-order valence-corrected chi connectivity index (χ0v) is 398. The third-order valence-electron chi connectivity index (χ3n) is 0. The second-order valence-corrected chi connectivity index (χ2v) is 0. The van der Waals surface area contributed by atoms with Crippen molar-refractivity contribution in [1.82, 2.24) is 0 Å². The minimum atomic E-state index is 0. The van der Waals surface area contributed by atoms with Crippen LogP contribution in [0.15, 0.2) is 0 Å². The van der Waals surface area contributed by atoms with Crippen LogP contribution in [0.1, 0.15) is 0 Å². The zero-order valence-electron chi connectivity index (χ0n) is 39.6. The van der Waals surface area contributed by atoms with Crippen LogP contribution >= 0.6 is 0 Å². The Balaban J connectivity index is 0. The molecule has 0 saturated carbocycles. The SMILES string of the molecule is [Rf].[Rf].[Rf].[Rf].[Rf].[Rf].[Rf].[Rf].[Rf].[Rf].[Rf].[Rf].[Rf].[Rf].[Rf].[Rf].[Rf].[Rf].[Rf].[Rf].[Rf].[Rf].[Rf].[Rf].[Rf].[Rf].[Rf].[Rf].[Rf].[Rf].[Rf].[Rf].[Rf].[Rf].[Rf].[Rf].[Rf].[Rf].[Rf].[Rf].[Rf].[Rf].[Rf].[Rf].[Rf].[Rf].[Rf].[Rf].[Rf].[Rf].[Rf].[Rf].[Rf].[Rf].[Rf].[Rf]. The van der Waals surface area contributed by atoms with Crippen LogP contribution < -0.4 is 0 Å². The van der Waals surface area contributed by atoms with Crippen molar-refractivity contribution >= 4 is 0 Å².